The summed E-state index contributed by atoms with van der Waals surface area (Å²) in [6, 6.07) is 5.98. The molecule has 1 unspecified atom stereocenters. The van der Waals surface area contributed by atoms with Crippen LogP contribution in [0.5, 0.6) is 0 Å². The Labute approximate surface area is 118 Å². The number of hydrogen-bond acceptors (Lipinski definition) is 3. The molecule has 0 aliphatic carbocycles. The van der Waals surface area contributed by atoms with Gasteiger partial charge in [-0.2, -0.15) is 0 Å². The second-order valence-electron chi connectivity index (χ2n) is 4.46. The number of rotatable bonds is 8. The van der Waals surface area contributed by atoms with Gasteiger partial charge in [-0.1, -0.05) is 12.1 Å². The lowest BCUT2D eigenvalue weighted by atomic mass is 10.1. The molecule has 1 atom stereocenters. The molecular formula is C14H21FN2O3. The number of hydrogen-bond donors (Lipinski definition) is 3. The summed E-state index contributed by atoms with van der Waals surface area (Å²) in [5.41, 5.74) is 0.834. The minimum absolute atomic E-state index is 0.253. The van der Waals surface area contributed by atoms with E-state index in [1.165, 1.54) is 19.2 Å². The van der Waals surface area contributed by atoms with Crippen LogP contribution in [0.3, 0.4) is 0 Å². The molecule has 2 amide bonds. The van der Waals surface area contributed by atoms with Gasteiger partial charge < -0.3 is 20.5 Å². The minimum atomic E-state index is -0.576. The molecule has 0 bridgehead atoms. The van der Waals surface area contributed by atoms with Gasteiger partial charge in [0.15, 0.2) is 0 Å². The van der Waals surface area contributed by atoms with Gasteiger partial charge in [-0.15, -0.1) is 0 Å². The van der Waals surface area contributed by atoms with Gasteiger partial charge in [0.25, 0.3) is 0 Å². The van der Waals surface area contributed by atoms with Crippen LogP contribution in [0, 0.1) is 5.82 Å². The average molecular weight is 284 g/mol. The zero-order valence-electron chi connectivity index (χ0n) is 11.6. The van der Waals surface area contributed by atoms with E-state index in [1.54, 1.807) is 6.07 Å². The van der Waals surface area contributed by atoms with E-state index in [9.17, 15) is 14.3 Å². The van der Waals surface area contributed by atoms with E-state index in [0.29, 0.717) is 25.9 Å². The Morgan fingerprint density at radius 2 is 2.15 bits per heavy atom. The molecule has 0 heterocycles. The number of aliphatic hydroxyl groups excluding tert-OH is 1. The van der Waals surface area contributed by atoms with Crippen molar-refractivity contribution in [3.05, 3.63) is 35.6 Å². The van der Waals surface area contributed by atoms with Crippen molar-refractivity contribution < 1.29 is 19.0 Å². The summed E-state index contributed by atoms with van der Waals surface area (Å²) in [4.78, 5) is 11.4. The van der Waals surface area contributed by atoms with Gasteiger partial charge in [0.1, 0.15) is 5.82 Å². The second-order valence-corrected chi connectivity index (χ2v) is 4.46. The molecule has 20 heavy (non-hydrogen) atoms. The number of halogens is 1. The second kappa shape index (κ2) is 9.28. The Morgan fingerprint density at radius 1 is 1.40 bits per heavy atom. The Morgan fingerprint density at radius 3 is 2.85 bits per heavy atom. The molecule has 0 fully saturated rings. The van der Waals surface area contributed by atoms with Crippen molar-refractivity contribution in [1.29, 1.82) is 0 Å². The van der Waals surface area contributed by atoms with Gasteiger partial charge in [0, 0.05) is 20.2 Å². The number of urea groups is 1. The molecule has 0 spiro atoms. The largest absolute Gasteiger partial charge is 0.391 e. The lowest BCUT2D eigenvalue weighted by Crippen LogP contribution is -2.38. The van der Waals surface area contributed by atoms with Crippen LogP contribution in [-0.2, 0) is 11.2 Å². The number of carbonyl (C=O) groups is 1. The van der Waals surface area contributed by atoms with Crippen molar-refractivity contribution >= 4 is 6.03 Å². The van der Waals surface area contributed by atoms with Crippen LogP contribution in [0.4, 0.5) is 9.18 Å². The van der Waals surface area contributed by atoms with Crippen molar-refractivity contribution in [3.8, 4) is 0 Å². The van der Waals surface area contributed by atoms with E-state index in [-0.39, 0.29) is 18.5 Å². The van der Waals surface area contributed by atoms with E-state index >= 15 is 0 Å². The third-order valence-electron chi connectivity index (χ3n) is 2.71. The van der Waals surface area contributed by atoms with Crippen LogP contribution in [-0.4, -0.2) is 44.0 Å². The smallest absolute Gasteiger partial charge is 0.314 e. The molecule has 0 aliphatic rings. The van der Waals surface area contributed by atoms with E-state index in [0.717, 1.165) is 5.56 Å². The first-order chi connectivity index (χ1) is 9.61. The van der Waals surface area contributed by atoms with Gasteiger partial charge in [0.2, 0.25) is 0 Å². The summed E-state index contributed by atoms with van der Waals surface area (Å²) >= 11 is 0. The van der Waals surface area contributed by atoms with Crippen LogP contribution >= 0.6 is 0 Å². The van der Waals surface area contributed by atoms with Crippen molar-refractivity contribution in [1.82, 2.24) is 10.6 Å². The van der Waals surface area contributed by atoms with E-state index in [1.807, 2.05) is 6.07 Å². The number of ether oxygens (including phenoxy) is 1. The van der Waals surface area contributed by atoms with Gasteiger partial charge in [-0.05, 0) is 30.5 Å². The van der Waals surface area contributed by atoms with Crippen molar-refractivity contribution in [3.63, 3.8) is 0 Å². The quantitative estimate of drug-likeness (QED) is 0.668. The first-order valence-electron chi connectivity index (χ1n) is 6.55. The fourth-order valence-corrected chi connectivity index (χ4v) is 1.70. The maximum absolute atomic E-state index is 12.9. The third-order valence-corrected chi connectivity index (χ3v) is 2.71. The van der Waals surface area contributed by atoms with Crippen LogP contribution in [0.25, 0.3) is 0 Å². The third kappa shape index (κ3) is 7.06. The highest BCUT2D eigenvalue weighted by atomic mass is 19.1. The van der Waals surface area contributed by atoms with Crippen molar-refractivity contribution in [2.45, 2.75) is 18.9 Å². The molecule has 0 aliphatic heterocycles. The molecular weight excluding hydrogens is 263 g/mol. The zero-order chi connectivity index (χ0) is 14.8. The number of amides is 2. The lowest BCUT2D eigenvalue weighted by Gasteiger charge is -2.11. The first-order valence-corrected chi connectivity index (χ1v) is 6.55. The Hall–Kier alpha value is -1.66. The molecule has 0 aromatic heterocycles. The minimum Gasteiger partial charge on any atom is -0.391 e. The topological polar surface area (TPSA) is 70.6 Å². The molecule has 0 saturated heterocycles. The predicted octanol–water partition coefficient (Wildman–Crippen LogP) is 1.06. The number of aliphatic hydroxyl groups is 1. The fourth-order valence-electron chi connectivity index (χ4n) is 1.70. The number of carbonyl (C=O) groups excluding carboxylic acids is 1. The molecule has 1 aromatic rings. The molecule has 3 N–H and O–H groups in total. The Bertz CT molecular complexity index is 415. The molecule has 6 heteroatoms. The van der Waals surface area contributed by atoms with Crippen LogP contribution < -0.4 is 10.6 Å². The summed E-state index contributed by atoms with van der Waals surface area (Å²) in [5.74, 6) is -0.279. The van der Waals surface area contributed by atoms with E-state index in [2.05, 4.69) is 10.6 Å². The zero-order valence-corrected chi connectivity index (χ0v) is 11.6. The molecule has 1 rings (SSSR count). The highest BCUT2D eigenvalue weighted by Gasteiger charge is 2.04. The highest BCUT2D eigenvalue weighted by Crippen LogP contribution is 2.03. The Kier molecular flexibility index (Phi) is 7.60. The number of methoxy groups -OCH3 is 1. The predicted molar refractivity (Wildman–Crippen MR) is 74.0 cm³/mol. The summed E-state index contributed by atoms with van der Waals surface area (Å²) < 4.78 is 17.7. The van der Waals surface area contributed by atoms with Gasteiger partial charge >= 0.3 is 6.03 Å². The highest BCUT2D eigenvalue weighted by molar-refractivity contribution is 5.73. The van der Waals surface area contributed by atoms with Crippen LogP contribution in [0.1, 0.15) is 12.0 Å². The average Bonchev–Trinajstić information content (AvgIpc) is 2.39. The van der Waals surface area contributed by atoms with Crippen molar-refractivity contribution in [2.75, 3.05) is 26.8 Å². The lowest BCUT2D eigenvalue weighted by molar-refractivity contribution is 0.0599. The normalized spacial score (nSPS) is 11.9. The van der Waals surface area contributed by atoms with Crippen molar-refractivity contribution in [2.24, 2.45) is 0 Å². The van der Waals surface area contributed by atoms with Gasteiger partial charge in [-0.3, -0.25) is 0 Å². The maximum Gasteiger partial charge on any atom is 0.314 e. The number of benzene rings is 1. The summed E-state index contributed by atoms with van der Waals surface area (Å²) in [6.07, 6.45) is 0.426. The summed E-state index contributed by atoms with van der Waals surface area (Å²) in [7, 11) is 1.51. The fraction of sp³-hybridized carbons (Fsp3) is 0.500. The van der Waals surface area contributed by atoms with Gasteiger partial charge in [0.05, 0.1) is 12.7 Å². The standard InChI is InChI=1S/C14H21FN2O3/c1-20-10-13(18)6-8-17-14(19)16-7-5-11-3-2-4-12(15)9-11/h2-4,9,13,18H,5-8,10H2,1H3,(H2,16,17,19). The summed E-state index contributed by atoms with van der Waals surface area (Å²) in [6.45, 7) is 1.05. The molecule has 0 radical (unpaired) electrons. The van der Waals surface area contributed by atoms with Crippen LogP contribution in [0.15, 0.2) is 24.3 Å². The summed E-state index contributed by atoms with van der Waals surface area (Å²) in [5, 5.41) is 14.7. The molecule has 112 valence electrons. The molecule has 5 nitrogen and oxygen atoms in total. The Balaban J connectivity index is 2.11. The first kappa shape index (κ1) is 16.4. The number of nitrogens with one attached hydrogen (secondary N) is 2. The monoisotopic (exact) mass is 284 g/mol. The SMILES string of the molecule is COCC(O)CCNC(=O)NCCc1cccc(F)c1. The maximum atomic E-state index is 12.9. The van der Waals surface area contributed by atoms with E-state index < -0.39 is 6.10 Å². The molecule has 1 aromatic carbocycles. The van der Waals surface area contributed by atoms with E-state index in [4.69, 9.17) is 4.74 Å². The van der Waals surface area contributed by atoms with Crippen LogP contribution in [0.2, 0.25) is 0 Å². The molecule has 0 saturated carbocycles. The van der Waals surface area contributed by atoms with Gasteiger partial charge in [-0.25, -0.2) is 9.18 Å².